The Hall–Kier alpha value is -2.58. The Kier molecular flexibility index (Phi) is 6.18. The number of rotatable bonds is 5. The quantitative estimate of drug-likeness (QED) is 0.511. The molecule has 1 aromatic carbocycles. The van der Waals surface area contributed by atoms with Crippen molar-refractivity contribution in [3.63, 3.8) is 0 Å². The number of nitriles is 1. The fraction of sp³-hybridized carbons (Fsp3) is 0.133. The van der Waals surface area contributed by atoms with Gasteiger partial charge in [-0.25, -0.2) is 4.79 Å². The first-order valence-corrected chi connectivity index (χ1v) is 6.32. The topological polar surface area (TPSA) is 93.2 Å². The summed E-state index contributed by atoms with van der Waals surface area (Å²) in [6, 6.07) is 8.50. The molecule has 0 saturated heterocycles. The van der Waals surface area contributed by atoms with Gasteiger partial charge >= 0.3 is 5.97 Å². The highest BCUT2D eigenvalue weighted by molar-refractivity contribution is 6.30. The third kappa shape index (κ3) is 5.51. The van der Waals surface area contributed by atoms with Gasteiger partial charge in [-0.2, -0.15) is 5.26 Å². The van der Waals surface area contributed by atoms with Crippen LogP contribution in [-0.4, -0.2) is 18.4 Å². The van der Waals surface area contributed by atoms with E-state index in [2.05, 4.69) is 0 Å². The summed E-state index contributed by atoms with van der Waals surface area (Å²) in [6.45, 7) is 0.903. The molecule has 1 aromatic rings. The molecular weight excluding hydrogens is 292 g/mol. The highest BCUT2D eigenvalue weighted by atomic mass is 35.5. The number of Topliss-reactive ketones (excluding diaryl/α,β-unsaturated/α-hetero) is 1. The number of ketones is 1. The molecule has 0 amide bonds. The molecule has 1 rings (SSSR count). The SMILES string of the molecule is CC(N)=C(C#N)C(=O)COC(=O)C=Cc1ccc(Cl)cc1. The number of nitrogens with two attached hydrogens (primary N) is 1. The predicted molar refractivity (Wildman–Crippen MR) is 79.0 cm³/mol. The van der Waals surface area contributed by atoms with Crippen LogP contribution >= 0.6 is 11.6 Å². The minimum absolute atomic E-state index is 0.0928. The minimum atomic E-state index is -0.690. The minimum Gasteiger partial charge on any atom is -0.454 e. The number of benzene rings is 1. The van der Waals surface area contributed by atoms with Crippen molar-refractivity contribution in [3.8, 4) is 6.07 Å². The molecule has 5 nitrogen and oxygen atoms in total. The summed E-state index contributed by atoms with van der Waals surface area (Å²) in [5.41, 5.74) is 6.02. The van der Waals surface area contributed by atoms with E-state index in [9.17, 15) is 9.59 Å². The van der Waals surface area contributed by atoms with Crippen molar-refractivity contribution in [2.45, 2.75) is 6.92 Å². The maximum absolute atomic E-state index is 11.6. The zero-order valence-electron chi connectivity index (χ0n) is 11.3. The van der Waals surface area contributed by atoms with Crippen LogP contribution in [0.5, 0.6) is 0 Å². The molecule has 21 heavy (non-hydrogen) atoms. The largest absolute Gasteiger partial charge is 0.454 e. The van der Waals surface area contributed by atoms with Crippen LogP contribution in [0.2, 0.25) is 5.02 Å². The van der Waals surface area contributed by atoms with E-state index in [4.69, 9.17) is 27.3 Å². The summed E-state index contributed by atoms with van der Waals surface area (Å²) in [5.74, 6) is -1.32. The molecule has 0 heterocycles. The van der Waals surface area contributed by atoms with Crippen molar-refractivity contribution < 1.29 is 14.3 Å². The lowest BCUT2D eigenvalue weighted by molar-refractivity contribution is -0.141. The summed E-state index contributed by atoms with van der Waals surface area (Å²) >= 11 is 5.73. The van der Waals surface area contributed by atoms with E-state index in [1.165, 1.54) is 19.1 Å². The molecule has 0 fully saturated rings. The van der Waals surface area contributed by atoms with Crippen LogP contribution in [-0.2, 0) is 14.3 Å². The molecule has 6 heteroatoms. The molecule has 0 aliphatic rings. The van der Waals surface area contributed by atoms with Gasteiger partial charge in [0.2, 0.25) is 5.78 Å². The first-order chi connectivity index (χ1) is 9.93. The number of hydrogen-bond donors (Lipinski definition) is 1. The third-order valence-electron chi connectivity index (χ3n) is 2.41. The zero-order chi connectivity index (χ0) is 15.8. The number of carbonyl (C=O) groups is 2. The number of esters is 1. The predicted octanol–water partition coefficient (Wildman–Crippen LogP) is 2.22. The van der Waals surface area contributed by atoms with E-state index in [0.29, 0.717) is 5.02 Å². The van der Waals surface area contributed by atoms with Gasteiger partial charge in [-0.1, -0.05) is 23.7 Å². The van der Waals surface area contributed by atoms with Crippen LogP contribution in [0.25, 0.3) is 6.08 Å². The Morgan fingerprint density at radius 3 is 2.52 bits per heavy atom. The fourth-order valence-corrected chi connectivity index (χ4v) is 1.49. The Morgan fingerprint density at radius 1 is 1.38 bits per heavy atom. The van der Waals surface area contributed by atoms with Gasteiger partial charge in [0.25, 0.3) is 0 Å². The standard InChI is InChI=1S/C15H13ClN2O3/c1-10(18)13(8-17)14(19)9-21-15(20)7-4-11-2-5-12(16)6-3-11/h2-7H,9,18H2,1H3. The van der Waals surface area contributed by atoms with Crippen LogP contribution in [0.15, 0.2) is 41.6 Å². The van der Waals surface area contributed by atoms with E-state index >= 15 is 0 Å². The monoisotopic (exact) mass is 304 g/mol. The Morgan fingerprint density at radius 2 is 2.00 bits per heavy atom. The van der Waals surface area contributed by atoms with Crippen molar-refractivity contribution in [2.24, 2.45) is 5.73 Å². The number of carbonyl (C=O) groups excluding carboxylic acids is 2. The van der Waals surface area contributed by atoms with E-state index in [1.54, 1.807) is 30.3 Å². The fourth-order valence-electron chi connectivity index (χ4n) is 1.37. The van der Waals surface area contributed by atoms with Crippen LogP contribution < -0.4 is 5.73 Å². The highest BCUT2D eigenvalue weighted by Gasteiger charge is 2.13. The van der Waals surface area contributed by atoms with Crippen LogP contribution in [0.4, 0.5) is 0 Å². The second-order valence-corrected chi connectivity index (χ2v) is 4.52. The molecule has 2 N–H and O–H groups in total. The maximum atomic E-state index is 11.6. The zero-order valence-corrected chi connectivity index (χ0v) is 12.1. The van der Waals surface area contributed by atoms with Crippen molar-refractivity contribution in [1.82, 2.24) is 0 Å². The number of hydrogen-bond acceptors (Lipinski definition) is 5. The average molecular weight is 305 g/mol. The lowest BCUT2D eigenvalue weighted by atomic mass is 10.1. The normalized spacial score (nSPS) is 11.7. The summed E-state index contributed by atoms with van der Waals surface area (Å²) in [7, 11) is 0. The molecular formula is C15H13ClN2O3. The van der Waals surface area contributed by atoms with Crippen molar-refractivity contribution in [1.29, 1.82) is 5.26 Å². The second kappa shape index (κ2) is 7.88. The van der Waals surface area contributed by atoms with Gasteiger partial charge in [-0.15, -0.1) is 0 Å². The van der Waals surface area contributed by atoms with Gasteiger partial charge in [-0.05, 0) is 30.7 Å². The first-order valence-electron chi connectivity index (χ1n) is 5.94. The third-order valence-corrected chi connectivity index (χ3v) is 2.66. The van der Waals surface area contributed by atoms with Crippen LogP contribution in [0.1, 0.15) is 12.5 Å². The van der Waals surface area contributed by atoms with Gasteiger partial charge in [0.05, 0.1) is 0 Å². The number of ether oxygens (including phenoxy) is 1. The van der Waals surface area contributed by atoms with E-state index < -0.39 is 18.4 Å². The number of halogens is 1. The Labute approximate surface area is 127 Å². The van der Waals surface area contributed by atoms with Crippen molar-refractivity contribution in [3.05, 3.63) is 52.2 Å². The lowest BCUT2D eigenvalue weighted by Gasteiger charge is -2.01. The summed E-state index contributed by atoms with van der Waals surface area (Å²) in [6.07, 6.45) is 2.71. The van der Waals surface area contributed by atoms with E-state index in [0.717, 1.165) is 5.56 Å². The maximum Gasteiger partial charge on any atom is 0.331 e. The first kappa shape index (κ1) is 16.5. The Balaban J connectivity index is 2.55. The van der Waals surface area contributed by atoms with Crippen molar-refractivity contribution >= 4 is 29.4 Å². The summed E-state index contributed by atoms with van der Waals surface area (Å²) < 4.78 is 4.74. The molecule has 0 bridgehead atoms. The van der Waals surface area contributed by atoms with Crippen molar-refractivity contribution in [2.75, 3.05) is 6.61 Å². The molecule has 0 unspecified atom stereocenters. The van der Waals surface area contributed by atoms with Gasteiger partial charge in [0.1, 0.15) is 11.6 Å². The second-order valence-electron chi connectivity index (χ2n) is 4.09. The average Bonchev–Trinajstić information content (AvgIpc) is 2.45. The molecule has 0 aliphatic heterocycles. The van der Waals surface area contributed by atoms with E-state index in [1.807, 2.05) is 0 Å². The molecule has 0 radical (unpaired) electrons. The highest BCUT2D eigenvalue weighted by Crippen LogP contribution is 2.10. The number of allylic oxidation sites excluding steroid dienone is 1. The van der Waals surface area contributed by atoms with Gasteiger partial charge < -0.3 is 10.5 Å². The van der Waals surface area contributed by atoms with Gasteiger partial charge in [-0.3, -0.25) is 4.79 Å². The summed E-state index contributed by atoms with van der Waals surface area (Å²) in [5, 5.41) is 9.32. The molecule has 0 spiro atoms. The van der Waals surface area contributed by atoms with Gasteiger partial charge in [0.15, 0.2) is 6.61 Å². The molecule has 0 aliphatic carbocycles. The Bertz CT molecular complexity index is 636. The number of nitrogens with zero attached hydrogens (tertiary/aromatic N) is 1. The smallest absolute Gasteiger partial charge is 0.331 e. The molecule has 0 atom stereocenters. The summed E-state index contributed by atoms with van der Waals surface area (Å²) in [4.78, 5) is 23.0. The lowest BCUT2D eigenvalue weighted by Crippen LogP contribution is -2.16. The van der Waals surface area contributed by atoms with Gasteiger partial charge in [0, 0.05) is 16.8 Å². The molecule has 0 aromatic heterocycles. The molecule has 0 saturated carbocycles. The van der Waals surface area contributed by atoms with Crippen LogP contribution in [0, 0.1) is 11.3 Å². The molecule has 108 valence electrons. The van der Waals surface area contributed by atoms with E-state index in [-0.39, 0.29) is 11.3 Å². The van der Waals surface area contributed by atoms with Crippen LogP contribution in [0.3, 0.4) is 0 Å².